The number of urea groups is 1. The van der Waals surface area contributed by atoms with E-state index in [9.17, 15) is 26.4 Å². The quantitative estimate of drug-likeness (QED) is 0.855. The molecule has 0 bridgehead atoms. The molecule has 0 spiro atoms. The maximum absolute atomic E-state index is 12.5. The van der Waals surface area contributed by atoms with E-state index in [0.717, 1.165) is 30.5 Å². The van der Waals surface area contributed by atoms with E-state index in [0.29, 0.717) is 11.3 Å². The van der Waals surface area contributed by atoms with Gasteiger partial charge in [0.2, 0.25) is 0 Å². The lowest BCUT2D eigenvalue weighted by molar-refractivity contribution is -0.137. The number of halogens is 3. The van der Waals surface area contributed by atoms with E-state index >= 15 is 0 Å². The Morgan fingerprint density at radius 2 is 1.60 bits per heavy atom. The lowest BCUT2D eigenvalue weighted by atomic mass is 10.2. The van der Waals surface area contributed by atoms with E-state index in [-0.39, 0.29) is 11.4 Å². The van der Waals surface area contributed by atoms with Gasteiger partial charge in [-0.25, -0.2) is 13.2 Å². The molecular formula is C16H15F3N2O3S. The summed E-state index contributed by atoms with van der Waals surface area (Å²) in [5, 5.41) is 4.90. The molecule has 0 aliphatic rings. The van der Waals surface area contributed by atoms with Gasteiger partial charge in [-0.15, -0.1) is 0 Å². The van der Waals surface area contributed by atoms with Crippen LogP contribution in [0.2, 0.25) is 0 Å². The molecule has 9 heteroatoms. The normalized spacial score (nSPS) is 11.8. The Kier molecular flexibility index (Phi) is 5.36. The first-order valence-electron chi connectivity index (χ1n) is 7.05. The van der Waals surface area contributed by atoms with Crippen molar-refractivity contribution in [3.8, 4) is 0 Å². The van der Waals surface area contributed by atoms with E-state index in [1.54, 1.807) is 18.2 Å². The van der Waals surface area contributed by atoms with Crippen molar-refractivity contribution in [2.24, 2.45) is 0 Å². The van der Waals surface area contributed by atoms with Crippen molar-refractivity contribution in [3.63, 3.8) is 0 Å². The van der Waals surface area contributed by atoms with Crippen molar-refractivity contribution in [2.75, 3.05) is 16.9 Å². The molecule has 0 saturated heterocycles. The molecule has 0 saturated carbocycles. The summed E-state index contributed by atoms with van der Waals surface area (Å²) in [6.07, 6.45) is -3.34. The Morgan fingerprint density at radius 3 is 2.16 bits per heavy atom. The molecule has 2 rings (SSSR count). The van der Waals surface area contributed by atoms with Crippen LogP contribution in [0.25, 0.3) is 0 Å². The first kappa shape index (κ1) is 18.8. The number of hydrogen-bond donors (Lipinski definition) is 2. The van der Waals surface area contributed by atoms with E-state index < -0.39 is 27.6 Å². The van der Waals surface area contributed by atoms with Crippen molar-refractivity contribution in [2.45, 2.75) is 11.9 Å². The molecule has 0 aromatic heterocycles. The summed E-state index contributed by atoms with van der Waals surface area (Å²) in [7, 11) is -3.21. The van der Waals surface area contributed by atoms with Crippen LogP contribution in [0.15, 0.2) is 48.5 Å². The Balaban J connectivity index is 2.02. The smallest absolute Gasteiger partial charge is 0.308 e. The summed E-state index contributed by atoms with van der Waals surface area (Å²) in [5.41, 5.74) is 0.255. The van der Waals surface area contributed by atoms with Gasteiger partial charge in [-0.05, 0) is 42.0 Å². The van der Waals surface area contributed by atoms with Crippen LogP contribution in [-0.4, -0.2) is 20.7 Å². The predicted molar refractivity (Wildman–Crippen MR) is 89.1 cm³/mol. The van der Waals surface area contributed by atoms with Crippen LogP contribution in [-0.2, 0) is 21.8 Å². The van der Waals surface area contributed by atoms with Crippen LogP contribution < -0.4 is 10.6 Å². The van der Waals surface area contributed by atoms with Crippen molar-refractivity contribution in [1.29, 1.82) is 0 Å². The zero-order chi connectivity index (χ0) is 18.7. The largest absolute Gasteiger partial charge is 0.416 e. The number of carbonyl (C=O) groups excluding carboxylic acids is 1. The SMILES string of the molecule is CS(=O)(=O)Cc1cccc(NC(=O)Nc2ccc(C(F)(F)F)cc2)c1. The first-order valence-corrected chi connectivity index (χ1v) is 9.11. The number of rotatable bonds is 4. The number of alkyl halides is 3. The van der Waals surface area contributed by atoms with Crippen LogP contribution >= 0.6 is 0 Å². The second kappa shape index (κ2) is 7.14. The van der Waals surface area contributed by atoms with Gasteiger partial charge in [0, 0.05) is 17.6 Å². The fraction of sp³-hybridized carbons (Fsp3) is 0.188. The molecule has 0 heterocycles. The number of benzene rings is 2. The summed E-state index contributed by atoms with van der Waals surface area (Å²) < 4.78 is 60.0. The molecule has 0 fully saturated rings. The molecule has 2 aromatic rings. The third-order valence-corrected chi connectivity index (χ3v) is 3.94. The molecule has 25 heavy (non-hydrogen) atoms. The van der Waals surface area contributed by atoms with E-state index in [1.807, 2.05) is 0 Å². The third kappa shape index (κ3) is 6.11. The zero-order valence-corrected chi connectivity index (χ0v) is 13.9. The maximum Gasteiger partial charge on any atom is 0.416 e. The van der Waals surface area contributed by atoms with Gasteiger partial charge in [0.25, 0.3) is 0 Å². The molecular weight excluding hydrogens is 357 g/mol. The average Bonchev–Trinajstić information content (AvgIpc) is 2.45. The molecule has 0 unspecified atom stereocenters. The van der Waals surface area contributed by atoms with Crippen LogP contribution in [0.3, 0.4) is 0 Å². The molecule has 0 aliphatic carbocycles. The van der Waals surface area contributed by atoms with Crippen molar-refractivity contribution < 1.29 is 26.4 Å². The molecule has 0 atom stereocenters. The molecule has 2 N–H and O–H groups in total. The minimum atomic E-state index is -4.44. The topological polar surface area (TPSA) is 75.3 Å². The Bertz CT molecular complexity index is 863. The highest BCUT2D eigenvalue weighted by Gasteiger charge is 2.29. The fourth-order valence-corrected chi connectivity index (χ4v) is 2.86. The standard InChI is InChI=1S/C16H15F3N2O3S/c1-25(23,24)10-11-3-2-4-14(9-11)21-15(22)20-13-7-5-12(6-8-13)16(17,18)19/h2-9H,10H2,1H3,(H2,20,21,22). The number of anilines is 2. The average molecular weight is 372 g/mol. The Labute approximate surface area is 142 Å². The monoisotopic (exact) mass is 372 g/mol. The van der Waals surface area contributed by atoms with E-state index in [4.69, 9.17) is 0 Å². The number of amides is 2. The molecule has 2 amide bonds. The molecule has 2 aromatic carbocycles. The van der Waals surface area contributed by atoms with Crippen molar-refractivity contribution in [1.82, 2.24) is 0 Å². The number of carbonyl (C=O) groups is 1. The van der Waals surface area contributed by atoms with Gasteiger partial charge in [0.05, 0.1) is 11.3 Å². The first-order chi connectivity index (χ1) is 11.5. The summed E-state index contributed by atoms with van der Waals surface area (Å²) in [5.74, 6) is -0.164. The lowest BCUT2D eigenvalue weighted by Gasteiger charge is -2.10. The third-order valence-electron chi connectivity index (χ3n) is 3.08. The Morgan fingerprint density at radius 1 is 1.00 bits per heavy atom. The van der Waals surface area contributed by atoms with Crippen LogP contribution in [0.4, 0.5) is 29.3 Å². The van der Waals surface area contributed by atoms with Gasteiger partial charge >= 0.3 is 12.2 Å². The molecule has 0 radical (unpaired) electrons. The molecule has 134 valence electrons. The van der Waals surface area contributed by atoms with E-state index in [1.165, 1.54) is 6.07 Å². The second-order valence-electron chi connectivity index (χ2n) is 5.42. The van der Waals surface area contributed by atoms with Gasteiger partial charge < -0.3 is 10.6 Å². The number of nitrogens with one attached hydrogen (secondary N) is 2. The molecule has 0 aliphatic heterocycles. The van der Waals surface area contributed by atoms with Gasteiger partial charge in [-0.2, -0.15) is 13.2 Å². The summed E-state index contributed by atoms with van der Waals surface area (Å²) >= 11 is 0. The lowest BCUT2D eigenvalue weighted by Crippen LogP contribution is -2.19. The van der Waals surface area contributed by atoms with Crippen molar-refractivity contribution in [3.05, 3.63) is 59.7 Å². The minimum absolute atomic E-state index is 0.164. The fourth-order valence-electron chi connectivity index (χ4n) is 2.08. The maximum atomic E-state index is 12.5. The summed E-state index contributed by atoms with van der Waals surface area (Å²) in [4.78, 5) is 11.9. The number of sulfone groups is 1. The van der Waals surface area contributed by atoms with E-state index in [2.05, 4.69) is 10.6 Å². The minimum Gasteiger partial charge on any atom is -0.308 e. The molecule has 5 nitrogen and oxygen atoms in total. The summed E-state index contributed by atoms with van der Waals surface area (Å²) in [6.45, 7) is 0. The highest BCUT2D eigenvalue weighted by molar-refractivity contribution is 7.89. The van der Waals surface area contributed by atoms with Gasteiger partial charge in [-0.1, -0.05) is 12.1 Å². The Hall–Kier alpha value is -2.55. The highest BCUT2D eigenvalue weighted by Crippen LogP contribution is 2.29. The van der Waals surface area contributed by atoms with Crippen molar-refractivity contribution >= 4 is 27.2 Å². The predicted octanol–water partition coefficient (Wildman–Crippen LogP) is 3.89. The van der Waals surface area contributed by atoms with Crippen LogP contribution in [0.1, 0.15) is 11.1 Å². The highest BCUT2D eigenvalue weighted by atomic mass is 32.2. The van der Waals surface area contributed by atoms with Crippen LogP contribution in [0.5, 0.6) is 0 Å². The van der Waals surface area contributed by atoms with Gasteiger partial charge in [-0.3, -0.25) is 0 Å². The second-order valence-corrected chi connectivity index (χ2v) is 7.56. The zero-order valence-electron chi connectivity index (χ0n) is 13.1. The number of hydrogen-bond acceptors (Lipinski definition) is 3. The summed E-state index contributed by atoms with van der Waals surface area (Å²) in [6, 6.07) is 9.63. The van der Waals surface area contributed by atoms with Gasteiger partial charge in [0.1, 0.15) is 0 Å². The van der Waals surface area contributed by atoms with Gasteiger partial charge in [0.15, 0.2) is 9.84 Å². The van der Waals surface area contributed by atoms with Crippen LogP contribution in [0, 0.1) is 0 Å².